The molecular formula is C24H27Cl2N3O4. The number of nitrogens with zero attached hydrogens (tertiary/aromatic N) is 1. The number of nitrogens with one attached hydrogen (secondary N) is 2. The Morgan fingerprint density at radius 1 is 1.21 bits per heavy atom. The fourth-order valence-corrected chi connectivity index (χ4v) is 4.69. The third-order valence-electron chi connectivity index (χ3n) is 6.13. The van der Waals surface area contributed by atoms with E-state index in [1.807, 2.05) is 35.2 Å². The molecule has 2 aromatic rings. The Kier molecular flexibility index (Phi) is 7.44. The van der Waals surface area contributed by atoms with Gasteiger partial charge in [0.05, 0.1) is 35.4 Å². The minimum absolute atomic E-state index is 0.0155. The molecule has 0 saturated carbocycles. The highest BCUT2D eigenvalue weighted by Gasteiger charge is 2.29. The Hall–Kier alpha value is -2.32. The Balaban J connectivity index is 1.49. The lowest BCUT2D eigenvalue weighted by Gasteiger charge is -2.30. The summed E-state index contributed by atoms with van der Waals surface area (Å²) < 4.78 is 11.0. The van der Waals surface area contributed by atoms with Gasteiger partial charge in [-0.05, 0) is 43.0 Å². The highest BCUT2D eigenvalue weighted by molar-refractivity contribution is 6.44. The van der Waals surface area contributed by atoms with Crippen LogP contribution in [0, 0.1) is 6.92 Å². The van der Waals surface area contributed by atoms with E-state index in [2.05, 4.69) is 10.3 Å². The van der Waals surface area contributed by atoms with Crippen LogP contribution in [0.3, 0.4) is 0 Å². The molecule has 2 atom stereocenters. The molecule has 1 fully saturated rings. The fourth-order valence-electron chi connectivity index (χ4n) is 4.27. The van der Waals surface area contributed by atoms with Crippen molar-refractivity contribution in [1.29, 1.82) is 0 Å². The molecule has 2 aliphatic rings. The minimum atomic E-state index is -0.322. The van der Waals surface area contributed by atoms with Gasteiger partial charge >= 0.3 is 0 Å². The second-order valence-electron chi connectivity index (χ2n) is 8.25. The van der Waals surface area contributed by atoms with Crippen LogP contribution in [0.1, 0.15) is 44.9 Å². The zero-order valence-corrected chi connectivity index (χ0v) is 20.1. The lowest BCUT2D eigenvalue weighted by Crippen LogP contribution is -2.45. The van der Waals surface area contributed by atoms with Crippen molar-refractivity contribution < 1.29 is 19.1 Å². The molecule has 1 aliphatic heterocycles. The van der Waals surface area contributed by atoms with Gasteiger partial charge in [-0.2, -0.15) is 0 Å². The van der Waals surface area contributed by atoms with E-state index in [1.165, 1.54) is 0 Å². The van der Waals surface area contributed by atoms with Crippen molar-refractivity contribution in [1.82, 2.24) is 15.2 Å². The number of rotatable bonds is 5. The maximum atomic E-state index is 12.9. The van der Waals surface area contributed by atoms with Crippen molar-refractivity contribution >= 4 is 40.6 Å². The Bertz CT molecular complexity index is 1080. The standard InChI is InChI=1S/C24H27Cl2N3O4/c1-14-20(25)21(26)22(27-14)23(30)28-18-7-6-16(13-19(18)32-2)15-4-3-5-17(12-15)24(31)29-8-10-33-11-9-29/h3-5,12-13,18-19,27H,6-11H2,1-2H3,(H,28,30)/t18-,19-/m1/s1. The third-order valence-corrected chi connectivity index (χ3v) is 7.08. The summed E-state index contributed by atoms with van der Waals surface area (Å²) in [4.78, 5) is 30.4. The predicted molar refractivity (Wildman–Crippen MR) is 128 cm³/mol. The number of aromatic nitrogens is 1. The first-order valence-electron chi connectivity index (χ1n) is 10.9. The molecule has 1 saturated heterocycles. The molecule has 0 bridgehead atoms. The van der Waals surface area contributed by atoms with Gasteiger partial charge in [-0.1, -0.05) is 41.4 Å². The number of carbonyl (C=O) groups excluding carboxylic acids is 2. The van der Waals surface area contributed by atoms with Gasteiger partial charge < -0.3 is 24.7 Å². The summed E-state index contributed by atoms with van der Waals surface area (Å²) in [7, 11) is 1.62. The van der Waals surface area contributed by atoms with Crippen LogP contribution < -0.4 is 5.32 Å². The fraction of sp³-hybridized carbons (Fsp3) is 0.417. The first-order valence-corrected chi connectivity index (χ1v) is 11.7. The molecule has 4 rings (SSSR count). The Morgan fingerprint density at radius 3 is 2.64 bits per heavy atom. The highest BCUT2D eigenvalue weighted by Crippen LogP contribution is 2.31. The number of benzene rings is 1. The maximum absolute atomic E-state index is 12.9. The molecule has 2 heterocycles. The number of methoxy groups -OCH3 is 1. The zero-order chi connectivity index (χ0) is 23.5. The average molecular weight is 492 g/mol. The minimum Gasteiger partial charge on any atom is -0.378 e. The number of carbonyl (C=O) groups is 2. The molecule has 9 heteroatoms. The van der Waals surface area contributed by atoms with Gasteiger partial charge in [0.1, 0.15) is 5.69 Å². The number of allylic oxidation sites excluding steroid dienone is 1. The van der Waals surface area contributed by atoms with Crippen LogP contribution >= 0.6 is 23.2 Å². The van der Waals surface area contributed by atoms with Crippen LogP contribution in [0.2, 0.25) is 10.0 Å². The summed E-state index contributed by atoms with van der Waals surface area (Å²) in [5, 5.41) is 3.57. The molecule has 0 unspecified atom stereocenters. The summed E-state index contributed by atoms with van der Waals surface area (Å²) in [5.41, 5.74) is 3.62. The van der Waals surface area contributed by atoms with E-state index < -0.39 is 0 Å². The lowest BCUT2D eigenvalue weighted by molar-refractivity contribution is 0.0303. The molecule has 0 radical (unpaired) electrons. The number of amides is 2. The van der Waals surface area contributed by atoms with Crippen LogP contribution in [-0.4, -0.2) is 67.3 Å². The molecule has 0 spiro atoms. The van der Waals surface area contributed by atoms with E-state index in [0.29, 0.717) is 49.0 Å². The second-order valence-corrected chi connectivity index (χ2v) is 9.01. The second kappa shape index (κ2) is 10.3. The number of ether oxygens (including phenoxy) is 2. The van der Waals surface area contributed by atoms with Crippen molar-refractivity contribution in [3.8, 4) is 0 Å². The number of aromatic amines is 1. The monoisotopic (exact) mass is 491 g/mol. The van der Waals surface area contributed by atoms with E-state index in [-0.39, 0.29) is 34.7 Å². The third kappa shape index (κ3) is 5.11. The van der Waals surface area contributed by atoms with Gasteiger partial charge in [0.15, 0.2) is 0 Å². The smallest absolute Gasteiger partial charge is 0.269 e. The van der Waals surface area contributed by atoms with Crippen LogP contribution in [-0.2, 0) is 9.47 Å². The molecule has 176 valence electrons. The van der Waals surface area contributed by atoms with Gasteiger partial charge in [0, 0.05) is 31.5 Å². The number of halogens is 2. The number of morpholine rings is 1. The van der Waals surface area contributed by atoms with Gasteiger partial charge in [0.25, 0.3) is 11.8 Å². The highest BCUT2D eigenvalue weighted by atomic mass is 35.5. The van der Waals surface area contributed by atoms with Crippen LogP contribution in [0.4, 0.5) is 0 Å². The summed E-state index contributed by atoms with van der Waals surface area (Å²) in [6.07, 6.45) is 3.11. The molecule has 7 nitrogen and oxygen atoms in total. The average Bonchev–Trinajstić information content (AvgIpc) is 3.11. The Labute approximate surface area is 203 Å². The number of aryl methyl sites for hydroxylation is 1. The van der Waals surface area contributed by atoms with Gasteiger partial charge in [-0.3, -0.25) is 9.59 Å². The summed E-state index contributed by atoms with van der Waals surface area (Å²) in [6.45, 7) is 4.11. The van der Waals surface area contributed by atoms with Crippen molar-refractivity contribution in [2.45, 2.75) is 31.9 Å². The predicted octanol–water partition coefficient (Wildman–Crippen LogP) is 4.09. The molecule has 2 amide bonds. The largest absolute Gasteiger partial charge is 0.378 e. The molecule has 1 aromatic carbocycles. The van der Waals surface area contributed by atoms with Crippen molar-refractivity contribution in [3.05, 3.63) is 62.9 Å². The van der Waals surface area contributed by atoms with Crippen molar-refractivity contribution in [2.24, 2.45) is 0 Å². The topological polar surface area (TPSA) is 83.7 Å². The summed E-state index contributed by atoms with van der Waals surface area (Å²) >= 11 is 12.3. The van der Waals surface area contributed by atoms with Crippen LogP contribution in [0.25, 0.3) is 5.57 Å². The Morgan fingerprint density at radius 2 is 1.97 bits per heavy atom. The first kappa shape index (κ1) is 23.8. The van der Waals surface area contributed by atoms with E-state index in [4.69, 9.17) is 32.7 Å². The van der Waals surface area contributed by atoms with Crippen LogP contribution in [0.5, 0.6) is 0 Å². The SMILES string of the molecule is CO[C@@H]1C=C(c2cccc(C(=O)N3CCOCC3)c2)CC[C@H]1NC(=O)c1[nH]c(C)c(Cl)c1Cl. The quantitative estimate of drug-likeness (QED) is 0.659. The van der Waals surface area contributed by atoms with E-state index in [0.717, 1.165) is 17.6 Å². The van der Waals surface area contributed by atoms with Crippen molar-refractivity contribution in [2.75, 3.05) is 33.4 Å². The number of hydrogen-bond donors (Lipinski definition) is 2. The molecule has 2 N–H and O–H groups in total. The van der Waals surface area contributed by atoms with Gasteiger partial charge in [0.2, 0.25) is 0 Å². The maximum Gasteiger partial charge on any atom is 0.269 e. The van der Waals surface area contributed by atoms with Gasteiger partial charge in [-0.25, -0.2) is 0 Å². The summed E-state index contributed by atoms with van der Waals surface area (Å²) in [5.74, 6) is -0.307. The van der Waals surface area contributed by atoms with E-state index in [9.17, 15) is 9.59 Å². The molecule has 1 aliphatic carbocycles. The molecule has 33 heavy (non-hydrogen) atoms. The first-order chi connectivity index (χ1) is 15.9. The number of H-pyrrole nitrogens is 1. The van der Waals surface area contributed by atoms with Crippen molar-refractivity contribution in [3.63, 3.8) is 0 Å². The number of hydrogen-bond acceptors (Lipinski definition) is 4. The normalized spacial score (nSPS) is 21.0. The lowest BCUT2D eigenvalue weighted by atomic mass is 9.88. The van der Waals surface area contributed by atoms with Gasteiger partial charge in [-0.15, -0.1) is 0 Å². The van der Waals surface area contributed by atoms with Crippen LogP contribution in [0.15, 0.2) is 30.3 Å². The molecule has 1 aromatic heterocycles. The van der Waals surface area contributed by atoms with E-state index in [1.54, 1.807) is 14.0 Å². The van der Waals surface area contributed by atoms with E-state index >= 15 is 0 Å². The molecular weight excluding hydrogens is 465 g/mol. The zero-order valence-electron chi connectivity index (χ0n) is 18.6. The summed E-state index contributed by atoms with van der Waals surface area (Å²) in [6, 6.07) is 7.45.